The van der Waals surface area contributed by atoms with Crippen LogP contribution in [0, 0.1) is 5.41 Å². The number of methoxy groups -OCH3 is 2. The Morgan fingerprint density at radius 3 is 2.44 bits per heavy atom. The second-order valence-electron chi connectivity index (χ2n) is 7.38. The number of hydrogen-bond acceptors (Lipinski definition) is 5. The fourth-order valence-corrected chi connectivity index (χ4v) is 4.42. The molecule has 0 spiro atoms. The fraction of sp³-hybridized carbons (Fsp3) is 0.571. The first-order valence-electron chi connectivity index (χ1n) is 9.57. The van der Waals surface area contributed by atoms with Crippen LogP contribution in [-0.2, 0) is 23.9 Å². The van der Waals surface area contributed by atoms with Gasteiger partial charge in [0.2, 0.25) is 5.91 Å². The van der Waals surface area contributed by atoms with Gasteiger partial charge in [-0.1, -0.05) is 19.4 Å². The summed E-state index contributed by atoms with van der Waals surface area (Å²) in [6.45, 7) is 2.55. The average Bonchev–Trinajstić information content (AvgIpc) is 2.70. The first-order valence-corrected chi connectivity index (χ1v) is 9.57. The maximum Gasteiger partial charge on any atom is 0.323 e. The molecule has 1 N–H and O–H groups in total. The number of nitrogens with one attached hydrogen (secondary N) is 1. The van der Waals surface area contributed by atoms with Gasteiger partial charge < -0.3 is 14.8 Å². The van der Waals surface area contributed by atoms with E-state index in [1.54, 1.807) is 0 Å². The van der Waals surface area contributed by atoms with E-state index in [9.17, 15) is 14.4 Å². The first kappa shape index (κ1) is 19.4. The van der Waals surface area contributed by atoms with Crippen molar-refractivity contribution in [2.24, 2.45) is 5.41 Å². The molecular weight excluding hydrogens is 346 g/mol. The number of ether oxygens (including phenoxy) is 2. The lowest BCUT2D eigenvalue weighted by Gasteiger charge is -2.38. The fourth-order valence-electron chi connectivity index (χ4n) is 4.42. The van der Waals surface area contributed by atoms with Gasteiger partial charge in [-0.2, -0.15) is 0 Å². The lowest BCUT2D eigenvalue weighted by molar-refractivity contribution is -0.169. The molecule has 0 atom stereocenters. The molecule has 3 aliphatic rings. The SMILES string of the molecule is CCCCC1=C2CCC3=CCC(C(=O)OC)(C(=O)OC)CC3=C2CNC1=O. The molecule has 0 bridgehead atoms. The van der Waals surface area contributed by atoms with Crippen LogP contribution in [0.3, 0.4) is 0 Å². The number of carbonyl (C=O) groups excluding carboxylic acids is 3. The second kappa shape index (κ2) is 7.71. The quantitative estimate of drug-likeness (QED) is 0.592. The lowest BCUT2D eigenvalue weighted by atomic mass is 9.67. The first-order chi connectivity index (χ1) is 13.0. The molecule has 0 aromatic carbocycles. The van der Waals surface area contributed by atoms with E-state index in [4.69, 9.17) is 9.47 Å². The van der Waals surface area contributed by atoms with Crippen LogP contribution in [0.15, 0.2) is 33.9 Å². The minimum Gasteiger partial charge on any atom is -0.468 e. The van der Waals surface area contributed by atoms with Crippen LogP contribution in [0.1, 0.15) is 51.9 Å². The number of amides is 1. The van der Waals surface area contributed by atoms with E-state index in [1.807, 2.05) is 6.08 Å². The summed E-state index contributed by atoms with van der Waals surface area (Å²) in [5.74, 6) is -1.13. The van der Waals surface area contributed by atoms with Gasteiger partial charge in [0, 0.05) is 18.5 Å². The lowest BCUT2D eigenvalue weighted by Crippen LogP contribution is -2.44. The average molecular weight is 373 g/mol. The summed E-state index contributed by atoms with van der Waals surface area (Å²) in [5, 5.41) is 2.97. The van der Waals surface area contributed by atoms with Gasteiger partial charge in [-0.05, 0) is 54.4 Å². The van der Waals surface area contributed by atoms with Gasteiger partial charge >= 0.3 is 11.9 Å². The maximum atomic E-state index is 12.5. The van der Waals surface area contributed by atoms with E-state index in [0.29, 0.717) is 6.54 Å². The molecule has 0 saturated carbocycles. The number of rotatable bonds is 5. The molecule has 3 rings (SSSR count). The van der Waals surface area contributed by atoms with Gasteiger partial charge in [-0.15, -0.1) is 0 Å². The zero-order valence-corrected chi connectivity index (χ0v) is 16.3. The Kier molecular flexibility index (Phi) is 5.53. The number of hydrogen-bond donors (Lipinski definition) is 1. The van der Waals surface area contributed by atoms with Crippen LogP contribution in [0.5, 0.6) is 0 Å². The summed E-state index contributed by atoms with van der Waals surface area (Å²) in [5.41, 5.74) is 3.84. The highest BCUT2D eigenvalue weighted by atomic mass is 16.5. The zero-order valence-electron chi connectivity index (χ0n) is 16.3. The third-order valence-electron chi connectivity index (χ3n) is 5.93. The standard InChI is InChI=1S/C21H27NO5/c1-4-5-6-15-14-8-7-13-9-10-21(19(24)26-2,20(25)27-3)11-16(13)17(14)12-22-18(15)23/h9H,4-8,10-12H2,1-3H3,(H,22,23). The van der Waals surface area contributed by atoms with E-state index >= 15 is 0 Å². The third-order valence-corrected chi connectivity index (χ3v) is 5.93. The Balaban J connectivity index is 2.09. The summed E-state index contributed by atoms with van der Waals surface area (Å²) in [4.78, 5) is 37.4. The molecule has 27 heavy (non-hydrogen) atoms. The highest BCUT2D eigenvalue weighted by molar-refractivity contribution is 6.01. The van der Waals surface area contributed by atoms with Crippen LogP contribution in [0.2, 0.25) is 0 Å². The van der Waals surface area contributed by atoms with E-state index in [0.717, 1.165) is 54.4 Å². The Bertz CT molecular complexity index is 755. The number of allylic oxidation sites excluding steroid dienone is 3. The van der Waals surface area contributed by atoms with Gasteiger partial charge in [0.1, 0.15) is 0 Å². The van der Waals surface area contributed by atoms with Crippen molar-refractivity contribution in [1.29, 1.82) is 0 Å². The smallest absolute Gasteiger partial charge is 0.323 e. The summed E-state index contributed by atoms with van der Waals surface area (Å²) in [6.07, 6.45) is 6.92. The van der Waals surface area contributed by atoms with Gasteiger partial charge in [-0.3, -0.25) is 14.4 Å². The second-order valence-corrected chi connectivity index (χ2v) is 7.38. The molecule has 0 aromatic heterocycles. The molecule has 6 nitrogen and oxygen atoms in total. The summed E-state index contributed by atoms with van der Waals surface area (Å²) in [7, 11) is 2.58. The number of carbonyl (C=O) groups is 3. The molecule has 0 unspecified atom stereocenters. The molecule has 1 aliphatic heterocycles. The highest BCUT2D eigenvalue weighted by Gasteiger charge is 2.51. The van der Waals surface area contributed by atoms with Gasteiger partial charge in [0.25, 0.3) is 0 Å². The van der Waals surface area contributed by atoms with Crippen molar-refractivity contribution in [3.63, 3.8) is 0 Å². The monoisotopic (exact) mass is 373 g/mol. The van der Waals surface area contributed by atoms with Crippen molar-refractivity contribution >= 4 is 17.8 Å². The topological polar surface area (TPSA) is 81.7 Å². The zero-order chi connectivity index (χ0) is 19.6. The van der Waals surface area contributed by atoms with Crippen LogP contribution in [0.4, 0.5) is 0 Å². The Morgan fingerprint density at radius 1 is 1.11 bits per heavy atom. The van der Waals surface area contributed by atoms with Crippen LogP contribution in [0.25, 0.3) is 0 Å². The maximum absolute atomic E-state index is 12.5. The molecule has 1 heterocycles. The molecule has 2 aliphatic carbocycles. The van der Waals surface area contributed by atoms with E-state index in [1.165, 1.54) is 19.8 Å². The normalized spacial score (nSPS) is 21.0. The van der Waals surface area contributed by atoms with Crippen molar-refractivity contribution in [3.8, 4) is 0 Å². The van der Waals surface area contributed by atoms with E-state index in [-0.39, 0.29) is 18.7 Å². The van der Waals surface area contributed by atoms with Crippen molar-refractivity contribution < 1.29 is 23.9 Å². The Labute approximate surface area is 159 Å². The van der Waals surface area contributed by atoms with Gasteiger partial charge in [0.05, 0.1) is 14.2 Å². The summed E-state index contributed by atoms with van der Waals surface area (Å²) < 4.78 is 9.90. The number of fused-ring (bicyclic) bond motifs is 2. The predicted octanol–water partition coefficient (Wildman–Crippen LogP) is 2.75. The molecule has 0 radical (unpaired) electrons. The number of unbranched alkanes of at least 4 members (excludes halogenated alkanes) is 1. The Morgan fingerprint density at radius 2 is 1.81 bits per heavy atom. The van der Waals surface area contributed by atoms with Gasteiger partial charge in [0.15, 0.2) is 5.41 Å². The van der Waals surface area contributed by atoms with E-state index < -0.39 is 17.4 Å². The third kappa shape index (κ3) is 3.22. The van der Waals surface area contributed by atoms with Gasteiger partial charge in [-0.25, -0.2) is 0 Å². The minimum absolute atomic E-state index is 0.0123. The molecule has 0 aromatic rings. The van der Waals surface area contributed by atoms with Crippen LogP contribution < -0.4 is 5.32 Å². The Hall–Kier alpha value is -2.37. The van der Waals surface area contributed by atoms with Crippen molar-refractivity contribution in [2.45, 2.75) is 51.9 Å². The van der Waals surface area contributed by atoms with Crippen LogP contribution >= 0.6 is 0 Å². The molecular formula is C21H27NO5. The molecule has 146 valence electrons. The highest BCUT2D eigenvalue weighted by Crippen LogP contribution is 2.48. The molecule has 1 amide bonds. The largest absolute Gasteiger partial charge is 0.468 e. The summed E-state index contributed by atoms with van der Waals surface area (Å²) in [6, 6.07) is 0. The molecule has 6 heteroatoms. The van der Waals surface area contributed by atoms with E-state index in [2.05, 4.69) is 12.2 Å². The van der Waals surface area contributed by atoms with Crippen molar-refractivity contribution in [3.05, 3.63) is 33.9 Å². The molecule has 0 saturated heterocycles. The van der Waals surface area contributed by atoms with Crippen molar-refractivity contribution in [1.82, 2.24) is 5.32 Å². The predicted molar refractivity (Wildman–Crippen MR) is 99.6 cm³/mol. The molecule has 0 fully saturated rings. The number of esters is 2. The minimum atomic E-state index is -1.34. The summed E-state index contributed by atoms with van der Waals surface area (Å²) >= 11 is 0. The van der Waals surface area contributed by atoms with Crippen LogP contribution in [-0.4, -0.2) is 38.6 Å². The van der Waals surface area contributed by atoms with Crippen molar-refractivity contribution in [2.75, 3.05) is 20.8 Å².